The summed E-state index contributed by atoms with van der Waals surface area (Å²) in [6.45, 7) is 0. The van der Waals surface area contributed by atoms with Gasteiger partial charge in [-0.15, -0.1) is 21.9 Å². The highest BCUT2D eigenvalue weighted by Crippen LogP contribution is 2.31. The van der Waals surface area contributed by atoms with E-state index in [0.717, 1.165) is 16.0 Å². The Morgan fingerprint density at radius 1 is 0.348 bits per heavy atom. The highest BCUT2D eigenvalue weighted by Gasteiger charge is 2.52. The predicted molar refractivity (Wildman–Crippen MR) is 209 cm³/mol. The van der Waals surface area contributed by atoms with Crippen molar-refractivity contribution in [3.8, 4) is 11.1 Å². The highest BCUT2D eigenvalue weighted by molar-refractivity contribution is 8.03. The fourth-order valence-electron chi connectivity index (χ4n) is 7.48. The maximum Gasteiger partial charge on any atom is 0.212 e. The van der Waals surface area contributed by atoms with Gasteiger partial charge in [0, 0.05) is 5.56 Å². The lowest BCUT2D eigenvalue weighted by Crippen LogP contribution is -2.81. The summed E-state index contributed by atoms with van der Waals surface area (Å²) in [6, 6.07) is 26.7. The van der Waals surface area contributed by atoms with E-state index in [0.29, 0.717) is 5.56 Å². The molecule has 360 valence electrons. The van der Waals surface area contributed by atoms with Gasteiger partial charge in [-0.05, 0) is 23.3 Å². The second-order valence-corrected chi connectivity index (χ2v) is 17.4. The average Bonchev–Trinajstić information content (AvgIpc) is 3.34. The van der Waals surface area contributed by atoms with Crippen LogP contribution in [-0.2, 0) is 14.1 Å². The summed E-state index contributed by atoms with van der Waals surface area (Å²) in [5, 5.41) is 0. The molecule has 7 aromatic rings. The van der Waals surface area contributed by atoms with Crippen molar-refractivity contribution in [1.82, 2.24) is 0 Å². The number of hydrogen-bond donors (Lipinski definition) is 0. The lowest BCUT2D eigenvalue weighted by molar-refractivity contribution is 0.102. The number of halogens is 20. The molecule has 0 aliphatic carbocycles. The largest absolute Gasteiger partial charge is 0.289 e. The Labute approximate surface area is 374 Å². The molecule has 0 aliphatic heterocycles. The number of Topliss-reactive ketones (excluding diaryl/α,β-unsaturated/α-hetero) is 1. The molecule has 7 rings (SSSR count). The van der Waals surface area contributed by atoms with Crippen LogP contribution in [0.2, 0.25) is 0 Å². The van der Waals surface area contributed by atoms with Gasteiger partial charge in [0.25, 0.3) is 0 Å². The van der Waals surface area contributed by atoms with Crippen LogP contribution in [0.15, 0.2) is 89.8 Å². The fraction of sp³-hybridized carbons (Fsp3) is 0.0444. The molecule has 0 spiro atoms. The molecule has 0 N–H and O–H groups in total. The monoisotopic (exact) mass is 1010 g/mol. The van der Waals surface area contributed by atoms with E-state index < -0.39 is 154 Å². The van der Waals surface area contributed by atoms with Crippen molar-refractivity contribution >= 4 is 43.7 Å². The molecule has 0 radical (unpaired) electrons. The van der Waals surface area contributed by atoms with Crippen LogP contribution in [0.25, 0.3) is 11.1 Å². The van der Waals surface area contributed by atoms with Crippen molar-refractivity contribution in [1.29, 1.82) is 0 Å². The summed E-state index contributed by atoms with van der Waals surface area (Å²) in [5.41, 5.74) is -11.6. The van der Waals surface area contributed by atoms with Gasteiger partial charge in [0.15, 0.2) is 80.5 Å². The predicted octanol–water partition coefficient (Wildman–Crippen LogP) is 10.6. The normalized spacial score (nSPS) is 12.4. The number of ketones is 1. The first-order valence-electron chi connectivity index (χ1n) is 18.7. The van der Waals surface area contributed by atoms with Crippen LogP contribution < -0.4 is 21.9 Å². The first-order chi connectivity index (χ1) is 32.3. The third kappa shape index (κ3) is 8.51. The SMILES string of the molecule is C[S+](=O)(CC(=O)c1ccc(-c2ccccc2)cc1)c1ccccc1.Fc1c(F)c(F)c([B-](c2c(F)c(F)c(F)c(F)c2F)(c2c(F)c(F)c(F)c(F)c2F)c2c(F)c(F)c(F)c(F)c2F)c(F)c1F. The summed E-state index contributed by atoms with van der Waals surface area (Å²) in [6.07, 6.45) is -5.57. The quantitative estimate of drug-likeness (QED) is 0.0361. The summed E-state index contributed by atoms with van der Waals surface area (Å²) < 4.78 is 307. The van der Waals surface area contributed by atoms with E-state index in [1.54, 1.807) is 6.26 Å². The molecule has 7 aromatic carbocycles. The minimum Gasteiger partial charge on any atom is -0.289 e. The van der Waals surface area contributed by atoms with Crippen molar-refractivity contribution in [3.05, 3.63) is 207 Å². The van der Waals surface area contributed by atoms with Crippen molar-refractivity contribution in [2.24, 2.45) is 0 Å². The zero-order valence-corrected chi connectivity index (χ0v) is 34.5. The van der Waals surface area contributed by atoms with Crippen LogP contribution in [-0.4, -0.2) is 23.9 Å². The van der Waals surface area contributed by atoms with Gasteiger partial charge in [0.1, 0.15) is 68.9 Å². The van der Waals surface area contributed by atoms with Gasteiger partial charge in [0.05, 0.1) is 0 Å². The van der Waals surface area contributed by atoms with E-state index in [1.165, 1.54) is 0 Å². The minimum atomic E-state index is -7.22. The molecular weight excluding hydrogens is 995 g/mol. The molecule has 1 atom stereocenters. The van der Waals surface area contributed by atoms with Crippen LogP contribution >= 0.6 is 0 Å². The van der Waals surface area contributed by atoms with E-state index in [-0.39, 0.29) is 11.5 Å². The van der Waals surface area contributed by atoms with Gasteiger partial charge < -0.3 is 0 Å². The Bertz CT molecular complexity index is 2860. The Kier molecular flexibility index (Phi) is 14.3. The minimum absolute atomic E-state index is 0.0295. The lowest BCUT2D eigenvalue weighted by Gasteiger charge is -2.44. The first kappa shape index (κ1) is 51.4. The summed E-state index contributed by atoms with van der Waals surface area (Å²) in [4.78, 5) is 13.2. The molecule has 24 heteroatoms. The van der Waals surface area contributed by atoms with Gasteiger partial charge in [-0.1, -0.05) is 77.0 Å². The van der Waals surface area contributed by atoms with Gasteiger partial charge >= 0.3 is 0 Å². The van der Waals surface area contributed by atoms with E-state index in [1.807, 2.05) is 84.9 Å². The standard InChI is InChI=1S/C24BF20.C21H19O2S/c26-5-1(6(27)14(35)21(42)13(5)34)25(2-7(28)15(36)22(43)16(37)8(2)29,3-9(30)17(38)23(44)18(39)10(3)31)4-11(32)19(40)24(45)20(41)12(4)33;1-24(23,20-10-6-3-7-11-20)16-21(22)19-14-12-18(13-15-19)17-8-4-2-5-9-17/h;2-15H,16H2,1H3/q-1;+1. The Balaban J connectivity index is 0.000000273. The highest BCUT2D eigenvalue weighted by atomic mass is 32.2. The van der Waals surface area contributed by atoms with Crippen LogP contribution in [0.4, 0.5) is 87.8 Å². The Morgan fingerprint density at radius 2 is 0.580 bits per heavy atom. The molecule has 0 saturated heterocycles. The number of hydrogen-bond acceptors (Lipinski definition) is 2. The zero-order valence-electron chi connectivity index (χ0n) is 33.7. The second-order valence-electron chi connectivity index (χ2n) is 14.6. The molecule has 0 aromatic heterocycles. The third-order valence-electron chi connectivity index (χ3n) is 10.7. The van der Waals surface area contributed by atoms with Crippen molar-refractivity contribution in [2.75, 3.05) is 12.0 Å². The van der Waals surface area contributed by atoms with Gasteiger partial charge in [0.2, 0.25) is 5.78 Å². The molecule has 0 bridgehead atoms. The van der Waals surface area contributed by atoms with E-state index in [9.17, 15) is 61.7 Å². The number of benzene rings is 7. The number of rotatable bonds is 9. The van der Waals surface area contributed by atoms with Crippen molar-refractivity contribution < 1.29 is 96.8 Å². The average molecular weight is 1010 g/mol. The maximum atomic E-state index is 15.4. The molecule has 69 heavy (non-hydrogen) atoms. The van der Waals surface area contributed by atoms with Gasteiger partial charge in [-0.25, -0.2) is 87.8 Å². The fourth-order valence-corrected chi connectivity index (χ4v) is 9.05. The van der Waals surface area contributed by atoms with Crippen LogP contribution in [0.5, 0.6) is 0 Å². The van der Waals surface area contributed by atoms with E-state index in [2.05, 4.69) is 0 Å². The van der Waals surface area contributed by atoms with Gasteiger partial charge in [-0.2, -0.15) is 0 Å². The van der Waals surface area contributed by atoms with Crippen molar-refractivity contribution in [3.63, 3.8) is 0 Å². The molecule has 0 amide bonds. The summed E-state index contributed by atoms with van der Waals surface area (Å²) in [5.74, 6) is -71.5. The zero-order chi connectivity index (χ0) is 51.3. The number of carbonyl (C=O) groups is 1. The lowest BCUT2D eigenvalue weighted by atomic mass is 9.12. The second kappa shape index (κ2) is 19.2. The molecule has 0 saturated carbocycles. The molecule has 2 nitrogen and oxygen atoms in total. The summed E-state index contributed by atoms with van der Waals surface area (Å²) >= 11 is 0. The topological polar surface area (TPSA) is 34.1 Å². The van der Waals surface area contributed by atoms with Gasteiger partial charge in [-0.3, -0.25) is 4.79 Å². The smallest absolute Gasteiger partial charge is 0.212 e. The van der Waals surface area contributed by atoms with Crippen LogP contribution in [0.3, 0.4) is 0 Å². The summed E-state index contributed by atoms with van der Waals surface area (Å²) in [7, 11) is -2.37. The van der Waals surface area contributed by atoms with Crippen LogP contribution in [0, 0.1) is 116 Å². The molecule has 0 heterocycles. The number of carbonyl (C=O) groups excluding carboxylic acids is 1. The van der Waals surface area contributed by atoms with E-state index in [4.69, 9.17) is 0 Å². The molecule has 0 fully saturated rings. The molecular formula is C45H19BF20O2S. The third-order valence-corrected chi connectivity index (χ3v) is 12.8. The van der Waals surface area contributed by atoms with Crippen LogP contribution in [0.1, 0.15) is 10.4 Å². The molecule has 1 unspecified atom stereocenters. The maximum absolute atomic E-state index is 15.4. The Morgan fingerprint density at radius 3 is 0.855 bits per heavy atom. The van der Waals surface area contributed by atoms with E-state index >= 15 is 35.1 Å². The van der Waals surface area contributed by atoms with Crippen molar-refractivity contribution in [2.45, 2.75) is 4.90 Å². The first-order valence-corrected chi connectivity index (χ1v) is 20.8. The molecule has 0 aliphatic rings. The Hall–Kier alpha value is -6.98.